The zero-order chi connectivity index (χ0) is 14.3. The highest BCUT2D eigenvalue weighted by molar-refractivity contribution is 5.36. The van der Waals surface area contributed by atoms with Gasteiger partial charge >= 0.3 is 0 Å². The summed E-state index contributed by atoms with van der Waals surface area (Å²) >= 11 is 0. The molecule has 0 saturated heterocycles. The Labute approximate surface area is 118 Å². The van der Waals surface area contributed by atoms with Gasteiger partial charge in [-0.2, -0.15) is 0 Å². The van der Waals surface area contributed by atoms with Crippen molar-refractivity contribution in [3.8, 4) is 0 Å². The lowest BCUT2D eigenvalue weighted by Crippen LogP contribution is -2.29. The Balaban J connectivity index is 1.90. The van der Waals surface area contributed by atoms with Crippen LogP contribution in [-0.4, -0.2) is 0 Å². The van der Waals surface area contributed by atoms with Gasteiger partial charge in [-0.1, -0.05) is 19.8 Å². The summed E-state index contributed by atoms with van der Waals surface area (Å²) in [6.45, 7) is 2.20. The van der Waals surface area contributed by atoms with E-state index in [0.29, 0.717) is 17.9 Å². The van der Waals surface area contributed by atoms with Gasteiger partial charge < -0.3 is 0 Å². The minimum Gasteiger partial charge on any atom is -0.204 e. The van der Waals surface area contributed by atoms with Crippen molar-refractivity contribution in [2.24, 2.45) is 11.8 Å². The Kier molecular flexibility index (Phi) is 3.78. The summed E-state index contributed by atoms with van der Waals surface area (Å²) in [5.41, 5.74) is 1.17. The SMILES string of the molecule is CCCC1CCC2c3cc(F)c(F)c(F)c3CCC2C1. The standard InChI is InChI=1S/C17H21F3/c1-2-3-10-4-6-12-11(8-10)5-7-13-14(12)9-15(18)17(20)16(13)19/h9-12H,2-8H2,1H3. The molecule has 0 aliphatic heterocycles. The summed E-state index contributed by atoms with van der Waals surface area (Å²) in [6, 6.07) is 1.25. The quantitative estimate of drug-likeness (QED) is 0.641. The van der Waals surface area contributed by atoms with E-state index < -0.39 is 17.5 Å². The molecule has 0 amide bonds. The molecule has 3 heteroatoms. The van der Waals surface area contributed by atoms with Gasteiger partial charge in [0.1, 0.15) is 0 Å². The Morgan fingerprint density at radius 1 is 1.10 bits per heavy atom. The molecule has 3 unspecified atom stereocenters. The molecule has 0 spiro atoms. The van der Waals surface area contributed by atoms with Crippen LogP contribution in [0.1, 0.15) is 62.5 Å². The van der Waals surface area contributed by atoms with E-state index in [1.807, 2.05) is 0 Å². The minimum atomic E-state index is -1.30. The van der Waals surface area contributed by atoms with Gasteiger partial charge in [-0.05, 0) is 67.1 Å². The van der Waals surface area contributed by atoms with E-state index in [4.69, 9.17) is 0 Å². The second-order valence-electron chi connectivity index (χ2n) is 6.43. The van der Waals surface area contributed by atoms with Crippen LogP contribution in [0.25, 0.3) is 0 Å². The number of rotatable bonds is 2. The van der Waals surface area contributed by atoms with Crippen LogP contribution in [-0.2, 0) is 6.42 Å². The first kappa shape index (κ1) is 14.0. The highest BCUT2D eigenvalue weighted by Crippen LogP contribution is 2.48. The molecule has 3 rings (SSSR count). The average Bonchev–Trinajstić information content (AvgIpc) is 2.45. The van der Waals surface area contributed by atoms with E-state index in [-0.39, 0.29) is 5.92 Å². The molecule has 0 N–H and O–H groups in total. The maximum atomic E-state index is 13.9. The summed E-state index contributed by atoms with van der Waals surface area (Å²) in [7, 11) is 0. The largest absolute Gasteiger partial charge is 0.204 e. The highest BCUT2D eigenvalue weighted by atomic mass is 19.2. The zero-order valence-corrected chi connectivity index (χ0v) is 11.9. The van der Waals surface area contributed by atoms with E-state index in [2.05, 4.69) is 6.92 Å². The lowest BCUT2D eigenvalue weighted by Gasteiger charge is -2.40. The number of hydrogen-bond donors (Lipinski definition) is 0. The van der Waals surface area contributed by atoms with E-state index in [9.17, 15) is 13.2 Å². The molecule has 20 heavy (non-hydrogen) atoms. The van der Waals surface area contributed by atoms with Crippen molar-refractivity contribution in [2.45, 2.75) is 57.8 Å². The molecule has 0 nitrogen and oxygen atoms in total. The Bertz CT molecular complexity index is 509. The van der Waals surface area contributed by atoms with Crippen LogP contribution >= 0.6 is 0 Å². The predicted octanol–water partition coefficient (Wildman–Crippen LogP) is 5.35. The molecule has 3 atom stereocenters. The molecule has 1 fully saturated rings. The Morgan fingerprint density at radius 3 is 2.65 bits per heavy atom. The fraction of sp³-hybridized carbons (Fsp3) is 0.647. The third-order valence-electron chi connectivity index (χ3n) is 5.25. The van der Waals surface area contributed by atoms with Gasteiger partial charge in [0.25, 0.3) is 0 Å². The van der Waals surface area contributed by atoms with Crippen molar-refractivity contribution in [1.29, 1.82) is 0 Å². The number of hydrogen-bond acceptors (Lipinski definition) is 0. The van der Waals surface area contributed by atoms with Gasteiger partial charge in [-0.15, -0.1) is 0 Å². The van der Waals surface area contributed by atoms with Gasteiger partial charge in [0.2, 0.25) is 0 Å². The normalized spacial score (nSPS) is 28.9. The first-order valence-electron chi connectivity index (χ1n) is 7.78. The molecule has 1 aromatic carbocycles. The third-order valence-corrected chi connectivity index (χ3v) is 5.25. The second-order valence-corrected chi connectivity index (χ2v) is 6.43. The zero-order valence-electron chi connectivity index (χ0n) is 11.9. The monoisotopic (exact) mass is 282 g/mol. The maximum Gasteiger partial charge on any atom is 0.194 e. The summed E-state index contributed by atoms with van der Waals surface area (Å²) in [4.78, 5) is 0. The topological polar surface area (TPSA) is 0 Å². The number of benzene rings is 1. The molecule has 2 aliphatic rings. The van der Waals surface area contributed by atoms with E-state index in [1.54, 1.807) is 0 Å². The number of fused-ring (bicyclic) bond motifs is 3. The van der Waals surface area contributed by atoms with E-state index in [0.717, 1.165) is 30.7 Å². The summed E-state index contributed by atoms with van der Waals surface area (Å²) in [6.07, 6.45) is 7.22. The summed E-state index contributed by atoms with van der Waals surface area (Å²) < 4.78 is 40.7. The molecule has 110 valence electrons. The smallest absolute Gasteiger partial charge is 0.194 e. The average molecular weight is 282 g/mol. The minimum absolute atomic E-state index is 0.233. The van der Waals surface area contributed by atoms with Gasteiger partial charge in [-0.25, -0.2) is 13.2 Å². The fourth-order valence-corrected chi connectivity index (χ4v) is 4.33. The van der Waals surface area contributed by atoms with Crippen molar-refractivity contribution in [3.63, 3.8) is 0 Å². The highest BCUT2D eigenvalue weighted by Gasteiger charge is 2.37. The van der Waals surface area contributed by atoms with Crippen LogP contribution in [0.15, 0.2) is 6.07 Å². The lowest BCUT2D eigenvalue weighted by atomic mass is 9.64. The van der Waals surface area contributed by atoms with Gasteiger partial charge in [-0.3, -0.25) is 0 Å². The molecule has 1 saturated carbocycles. The lowest BCUT2D eigenvalue weighted by molar-refractivity contribution is 0.198. The second kappa shape index (κ2) is 5.42. The van der Waals surface area contributed by atoms with Crippen LogP contribution < -0.4 is 0 Å². The van der Waals surface area contributed by atoms with Crippen LogP contribution in [0.5, 0.6) is 0 Å². The molecule has 0 heterocycles. The first-order chi connectivity index (χ1) is 9.61. The first-order valence-corrected chi connectivity index (χ1v) is 7.78. The molecule has 1 aromatic rings. The van der Waals surface area contributed by atoms with E-state index >= 15 is 0 Å². The van der Waals surface area contributed by atoms with Crippen molar-refractivity contribution in [3.05, 3.63) is 34.6 Å². The van der Waals surface area contributed by atoms with Crippen molar-refractivity contribution in [1.82, 2.24) is 0 Å². The molecular formula is C17H21F3. The van der Waals surface area contributed by atoms with Crippen LogP contribution in [0.2, 0.25) is 0 Å². The Morgan fingerprint density at radius 2 is 1.90 bits per heavy atom. The van der Waals surface area contributed by atoms with Crippen molar-refractivity contribution >= 4 is 0 Å². The van der Waals surface area contributed by atoms with Crippen LogP contribution in [0.3, 0.4) is 0 Å². The maximum absolute atomic E-state index is 13.9. The molecule has 0 radical (unpaired) electrons. The van der Waals surface area contributed by atoms with Gasteiger partial charge in [0.05, 0.1) is 0 Å². The molecule has 0 aromatic heterocycles. The summed E-state index contributed by atoms with van der Waals surface area (Å²) in [5, 5.41) is 0. The van der Waals surface area contributed by atoms with Crippen LogP contribution in [0, 0.1) is 29.3 Å². The molecule has 2 aliphatic carbocycles. The fourth-order valence-electron chi connectivity index (χ4n) is 4.33. The molecule has 0 bridgehead atoms. The van der Waals surface area contributed by atoms with E-state index in [1.165, 1.54) is 25.3 Å². The predicted molar refractivity (Wildman–Crippen MR) is 73.1 cm³/mol. The van der Waals surface area contributed by atoms with Crippen molar-refractivity contribution in [2.75, 3.05) is 0 Å². The van der Waals surface area contributed by atoms with Crippen molar-refractivity contribution < 1.29 is 13.2 Å². The third kappa shape index (κ3) is 2.25. The van der Waals surface area contributed by atoms with Crippen LogP contribution in [0.4, 0.5) is 13.2 Å². The Hall–Kier alpha value is -0.990. The molecular weight excluding hydrogens is 261 g/mol. The summed E-state index contributed by atoms with van der Waals surface area (Å²) in [5.74, 6) is -1.76. The van der Waals surface area contributed by atoms with Gasteiger partial charge in [0, 0.05) is 0 Å². The number of halogens is 3. The van der Waals surface area contributed by atoms with Gasteiger partial charge in [0.15, 0.2) is 17.5 Å².